The second-order valence-electron chi connectivity index (χ2n) is 8.05. The van der Waals surface area contributed by atoms with Crippen LogP contribution >= 0.6 is 0 Å². The second kappa shape index (κ2) is 11.3. The molecule has 2 rings (SSSR count). The molecule has 0 bridgehead atoms. The first-order valence-corrected chi connectivity index (χ1v) is 10.5. The third-order valence-corrected chi connectivity index (χ3v) is 5.52. The number of amidine groups is 1. The van der Waals surface area contributed by atoms with Crippen LogP contribution in [0.4, 0.5) is 0 Å². The lowest BCUT2D eigenvalue weighted by molar-refractivity contribution is -0.539. The van der Waals surface area contributed by atoms with E-state index in [-0.39, 0.29) is 18.4 Å². The first kappa shape index (κ1) is 24.2. The summed E-state index contributed by atoms with van der Waals surface area (Å²) in [5.74, 6) is 0.365. The Morgan fingerprint density at radius 3 is 2.57 bits per heavy atom. The number of carboxylic acids is 1. The van der Waals surface area contributed by atoms with Crippen LogP contribution in [0.3, 0.4) is 0 Å². The molecule has 2 heterocycles. The number of aliphatic carboxylic acids is 1. The summed E-state index contributed by atoms with van der Waals surface area (Å²) in [5, 5.41) is 35.7. The molecule has 11 heteroatoms. The number of hydrogen-bond acceptors (Lipinski definition) is 9. The molecule has 0 saturated heterocycles. The minimum absolute atomic E-state index is 0.0309. The lowest BCUT2D eigenvalue weighted by Crippen LogP contribution is -2.43. The number of Topliss-reactive ketones (excluding diaryl/α,β-unsaturated/α-hetero) is 1. The zero-order chi connectivity index (χ0) is 22.3. The topological polar surface area (TPSA) is 186 Å². The number of unbranched alkanes of at least 4 members (excludes halogenated alkanes) is 1. The van der Waals surface area contributed by atoms with E-state index in [1.807, 2.05) is 4.58 Å². The molecule has 0 radical (unpaired) electrons. The molecule has 0 aromatic rings. The number of aliphatic hydroxyl groups is 2. The van der Waals surface area contributed by atoms with Crippen molar-refractivity contribution in [1.82, 2.24) is 10.6 Å². The maximum Gasteiger partial charge on any atom is 0.320 e. The number of fused-ring (bicyclic) bond motifs is 1. The molecule has 5 atom stereocenters. The van der Waals surface area contributed by atoms with Crippen LogP contribution in [0.25, 0.3) is 0 Å². The van der Waals surface area contributed by atoms with Crippen molar-refractivity contribution in [3.63, 3.8) is 0 Å². The van der Waals surface area contributed by atoms with Gasteiger partial charge in [-0.15, -0.1) is 0 Å². The molecule has 170 valence electrons. The van der Waals surface area contributed by atoms with E-state index >= 15 is 0 Å². The maximum absolute atomic E-state index is 11.2. The molecule has 0 amide bonds. The fraction of sp³-hybridized carbons (Fsp3) is 0.789. The molecule has 0 unspecified atom stereocenters. The third kappa shape index (κ3) is 7.01. The van der Waals surface area contributed by atoms with Crippen LogP contribution in [0.1, 0.15) is 45.4 Å². The third-order valence-electron chi connectivity index (χ3n) is 5.52. The number of rotatable bonds is 11. The zero-order valence-corrected chi connectivity index (χ0v) is 17.5. The summed E-state index contributed by atoms with van der Waals surface area (Å²) in [6, 6.07) is -1.62. The summed E-state index contributed by atoms with van der Waals surface area (Å²) in [5.41, 5.74) is 11.3. The van der Waals surface area contributed by atoms with Crippen molar-refractivity contribution in [2.24, 2.45) is 16.5 Å². The predicted molar refractivity (Wildman–Crippen MR) is 111 cm³/mol. The fourth-order valence-corrected chi connectivity index (χ4v) is 3.56. The van der Waals surface area contributed by atoms with Crippen molar-refractivity contribution in [2.75, 3.05) is 19.6 Å². The molecule has 2 aliphatic heterocycles. The summed E-state index contributed by atoms with van der Waals surface area (Å²) < 4.78 is 1.96. The van der Waals surface area contributed by atoms with Crippen LogP contribution in [0, 0.1) is 0 Å². The Balaban J connectivity index is 1.91. The van der Waals surface area contributed by atoms with Crippen molar-refractivity contribution in [2.45, 2.75) is 75.8 Å². The van der Waals surface area contributed by atoms with E-state index in [0.29, 0.717) is 51.2 Å². The number of nitrogens with zero attached hydrogens (tertiary/aromatic N) is 2. The van der Waals surface area contributed by atoms with E-state index in [0.717, 1.165) is 12.3 Å². The number of nitrogens with one attached hydrogen (secondary N) is 2. The average Bonchev–Trinajstić information content (AvgIpc) is 3.04. The zero-order valence-electron chi connectivity index (χ0n) is 17.5. The van der Waals surface area contributed by atoms with Crippen LogP contribution in [0.2, 0.25) is 0 Å². The number of guanidine groups is 1. The van der Waals surface area contributed by atoms with Gasteiger partial charge in [0.25, 0.3) is 11.8 Å². The lowest BCUT2D eigenvalue weighted by atomic mass is 10.1. The highest BCUT2D eigenvalue weighted by Gasteiger charge is 2.40. The van der Waals surface area contributed by atoms with Gasteiger partial charge >= 0.3 is 5.97 Å². The summed E-state index contributed by atoms with van der Waals surface area (Å²) in [7, 11) is 0. The van der Waals surface area contributed by atoms with E-state index in [1.54, 1.807) is 0 Å². The molecule has 9 N–H and O–H groups in total. The van der Waals surface area contributed by atoms with E-state index in [4.69, 9.17) is 16.6 Å². The van der Waals surface area contributed by atoms with Crippen molar-refractivity contribution in [3.8, 4) is 0 Å². The first-order valence-electron chi connectivity index (χ1n) is 10.5. The van der Waals surface area contributed by atoms with Crippen LogP contribution in [-0.2, 0) is 9.59 Å². The van der Waals surface area contributed by atoms with Gasteiger partial charge in [0.1, 0.15) is 24.5 Å². The van der Waals surface area contributed by atoms with Crippen LogP contribution in [-0.4, -0.2) is 93.4 Å². The number of nitrogens with two attached hydrogens (primary N) is 2. The number of hydrogen-bond donors (Lipinski definition) is 7. The molecule has 30 heavy (non-hydrogen) atoms. The molecule has 0 aliphatic carbocycles. The molecule has 0 saturated carbocycles. The number of carbonyl (C=O) groups is 2. The molecule has 2 aliphatic rings. The first-order chi connectivity index (χ1) is 14.2. The molecular formula is C19H35N6O5+. The number of carbonyl (C=O) groups excluding carboxylic acids is 1. The maximum atomic E-state index is 11.2. The van der Waals surface area contributed by atoms with Gasteiger partial charge in [-0.05, 0) is 39.0 Å². The quantitative estimate of drug-likeness (QED) is 0.141. The smallest absolute Gasteiger partial charge is 0.320 e. The standard InChI is InChI=1S/C19H34N6O5/c1-11(26)12(20)6-4-7-22-19-23-14-9-15(27)16(28)10-25(17(14)24-19)8-3-2-5-13(21)18(29)30/h12-16,27-28H,2-10,20-21H2,1H3,(H2,22,23,29,30)/p+1/t12-,13-,14-,15-,16+/m0/s1. The van der Waals surface area contributed by atoms with Crippen molar-refractivity contribution in [3.05, 3.63) is 0 Å². The molecule has 0 aromatic heterocycles. The molecule has 0 fully saturated rings. The van der Waals surface area contributed by atoms with Crippen LogP contribution in [0.15, 0.2) is 4.99 Å². The Bertz CT molecular complexity index is 682. The van der Waals surface area contributed by atoms with Gasteiger partial charge in [-0.1, -0.05) is 0 Å². The summed E-state index contributed by atoms with van der Waals surface area (Å²) in [6.07, 6.45) is 1.58. The molecule has 11 nitrogen and oxygen atoms in total. The number of aliphatic hydroxyl groups excluding tert-OH is 2. The minimum Gasteiger partial charge on any atom is -0.480 e. The van der Waals surface area contributed by atoms with Gasteiger partial charge in [0.2, 0.25) is 0 Å². The number of aliphatic imine (C=N–C) groups is 1. The lowest BCUT2D eigenvalue weighted by Gasteiger charge is -2.15. The summed E-state index contributed by atoms with van der Waals surface area (Å²) >= 11 is 0. The van der Waals surface area contributed by atoms with Crippen molar-refractivity contribution in [1.29, 1.82) is 0 Å². The highest BCUT2D eigenvalue weighted by molar-refractivity contribution is 6.05. The molecular weight excluding hydrogens is 392 g/mol. The Labute approximate surface area is 176 Å². The van der Waals surface area contributed by atoms with E-state index in [1.165, 1.54) is 6.92 Å². The fourth-order valence-electron chi connectivity index (χ4n) is 3.56. The van der Waals surface area contributed by atoms with Crippen molar-refractivity contribution >= 4 is 23.5 Å². The van der Waals surface area contributed by atoms with Crippen molar-refractivity contribution < 1.29 is 29.5 Å². The Hall–Kier alpha value is -2.08. The van der Waals surface area contributed by atoms with E-state index in [2.05, 4.69) is 15.6 Å². The Kier molecular flexibility index (Phi) is 9.15. The normalized spacial score (nSPS) is 25.6. The number of β-amino-alcohol motifs (C(OH)–C–C–N with tert-alkyl or cyclic N) is 1. The Morgan fingerprint density at radius 2 is 1.90 bits per heavy atom. The predicted octanol–water partition coefficient (Wildman–Crippen LogP) is -2.28. The van der Waals surface area contributed by atoms with Gasteiger partial charge in [0.15, 0.2) is 6.04 Å². The van der Waals surface area contributed by atoms with Gasteiger partial charge in [0.05, 0.1) is 18.7 Å². The van der Waals surface area contributed by atoms with Gasteiger partial charge in [-0.3, -0.25) is 14.2 Å². The highest BCUT2D eigenvalue weighted by Crippen LogP contribution is 2.16. The summed E-state index contributed by atoms with van der Waals surface area (Å²) in [4.78, 5) is 26.6. The number of carboxylic acid groups (broad SMARTS) is 1. The minimum atomic E-state index is -1.01. The van der Waals surface area contributed by atoms with Crippen LogP contribution in [0.5, 0.6) is 0 Å². The molecule has 0 spiro atoms. The van der Waals surface area contributed by atoms with E-state index < -0.39 is 30.3 Å². The number of ketones is 1. The van der Waals surface area contributed by atoms with Gasteiger partial charge in [-0.2, -0.15) is 0 Å². The van der Waals surface area contributed by atoms with Gasteiger partial charge in [0, 0.05) is 13.0 Å². The summed E-state index contributed by atoms with van der Waals surface area (Å²) in [6.45, 7) is 2.94. The van der Waals surface area contributed by atoms with Gasteiger partial charge in [-0.25, -0.2) is 10.3 Å². The Morgan fingerprint density at radius 1 is 1.20 bits per heavy atom. The molecule has 0 aromatic carbocycles. The van der Waals surface area contributed by atoms with E-state index in [9.17, 15) is 19.8 Å². The van der Waals surface area contributed by atoms with Crippen LogP contribution < -0.4 is 22.1 Å². The monoisotopic (exact) mass is 427 g/mol. The SMILES string of the molecule is CC(=O)[C@@H](N)CCCNC1=N[C@H]2C[C@H](O)[C@H](O)C[N+](CCCC[C@H](N)C(=O)O)=C2N1. The van der Waals surface area contributed by atoms with Gasteiger partial charge < -0.3 is 32.1 Å². The second-order valence-corrected chi connectivity index (χ2v) is 8.05. The largest absolute Gasteiger partial charge is 0.480 e. The average molecular weight is 428 g/mol. The highest BCUT2D eigenvalue weighted by atomic mass is 16.4.